The van der Waals surface area contributed by atoms with E-state index in [0.717, 1.165) is 33.5 Å². The number of imidazole rings is 1. The molecule has 23 heavy (non-hydrogen) atoms. The van der Waals surface area contributed by atoms with Crippen LogP contribution in [-0.4, -0.2) is 9.97 Å². The van der Waals surface area contributed by atoms with E-state index in [1.54, 1.807) is 0 Å². The number of para-hydroxylation sites is 2. The van der Waals surface area contributed by atoms with Crippen molar-refractivity contribution in [3.63, 3.8) is 0 Å². The Morgan fingerprint density at radius 2 is 1.52 bits per heavy atom. The number of aromatic amines is 1. The lowest BCUT2D eigenvalue weighted by atomic mass is 10.0. The van der Waals surface area contributed by atoms with E-state index in [9.17, 15) is 0 Å². The molecule has 0 saturated heterocycles. The van der Waals surface area contributed by atoms with Crippen molar-refractivity contribution in [2.45, 2.75) is 0 Å². The Bertz CT molecular complexity index is 1000. The van der Waals surface area contributed by atoms with Crippen molar-refractivity contribution >= 4 is 11.0 Å². The van der Waals surface area contributed by atoms with Crippen LogP contribution in [0.4, 0.5) is 0 Å². The molecule has 0 bridgehead atoms. The Morgan fingerprint density at radius 3 is 2.35 bits per heavy atom. The van der Waals surface area contributed by atoms with E-state index in [-0.39, 0.29) is 0 Å². The molecule has 0 atom stereocenters. The zero-order chi connectivity index (χ0) is 15.6. The summed E-state index contributed by atoms with van der Waals surface area (Å²) in [4.78, 5) is 7.99. The van der Waals surface area contributed by atoms with Crippen molar-refractivity contribution in [2.24, 2.45) is 0 Å². The van der Waals surface area contributed by atoms with E-state index in [1.807, 2.05) is 66.7 Å². The predicted octanol–water partition coefficient (Wildman–Crippen LogP) is 4.77. The van der Waals surface area contributed by atoms with Crippen LogP contribution in [-0.2, 0) is 0 Å². The van der Waals surface area contributed by atoms with Crippen LogP contribution in [0.2, 0.25) is 0 Å². The quantitative estimate of drug-likeness (QED) is 0.579. The fourth-order valence-corrected chi connectivity index (χ4v) is 2.70. The Morgan fingerprint density at radius 1 is 0.783 bits per heavy atom. The van der Waals surface area contributed by atoms with Gasteiger partial charge in [-0.05, 0) is 41.5 Å². The molecule has 1 aromatic heterocycles. The summed E-state index contributed by atoms with van der Waals surface area (Å²) in [6.45, 7) is 0. The highest BCUT2D eigenvalue weighted by Gasteiger charge is 2.06. The second-order valence-electron chi connectivity index (χ2n) is 5.38. The van der Waals surface area contributed by atoms with Crippen LogP contribution in [0.3, 0.4) is 0 Å². The van der Waals surface area contributed by atoms with Gasteiger partial charge in [-0.3, -0.25) is 0 Å². The summed E-state index contributed by atoms with van der Waals surface area (Å²) in [5.74, 6) is 0.851. The molecule has 1 N–H and O–H groups in total. The van der Waals surface area contributed by atoms with Crippen molar-refractivity contribution in [1.29, 1.82) is 5.26 Å². The first-order valence-corrected chi connectivity index (χ1v) is 7.39. The number of hydrogen-bond donors (Lipinski definition) is 1. The molecule has 108 valence electrons. The minimum Gasteiger partial charge on any atom is -0.338 e. The average molecular weight is 295 g/mol. The second kappa shape index (κ2) is 5.43. The first-order valence-electron chi connectivity index (χ1n) is 7.39. The van der Waals surface area contributed by atoms with Crippen LogP contribution in [0.25, 0.3) is 33.5 Å². The highest BCUT2D eigenvalue weighted by Crippen LogP contribution is 2.26. The van der Waals surface area contributed by atoms with Gasteiger partial charge < -0.3 is 4.98 Å². The lowest BCUT2D eigenvalue weighted by molar-refractivity contribution is 1.34. The number of aromatic nitrogens is 2. The van der Waals surface area contributed by atoms with Gasteiger partial charge in [0.25, 0.3) is 0 Å². The number of rotatable bonds is 2. The molecule has 3 nitrogen and oxygen atoms in total. The van der Waals surface area contributed by atoms with Gasteiger partial charge in [0.2, 0.25) is 0 Å². The highest BCUT2D eigenvalue weighted by atomic mass is 14.9. The van der Waals surface area contributed by atoms with Gasteiger partial charge in [-0.15, -0.1) is 0 Å². The van der Waals surface area contributed by atoms with Crippen LogP contribution in [0.1, 0.15) is 5.56 Å². The largest absolute Gasteiger partial charge is 0.338 e. The normalized spacial score (nSPS) is 10.6. The van der Waals surface area contributed by atoms with E-state index < -0.39 is 0 Å². The number of nitrogens with zero attached hydrogens (tertiary/aromatic N) is 2. The molecule has 4 aromatic rings. The zero-order valence-corrected chi connectivity index (χ0v) is 12.3. The van der Waals surface area contributed by atoms with Crippen molar-refractivity contribution in [2.75, 3.05) is 0 Å². The van der Waals surface area contributed by atoms with Gasteiger partial charge in [0, 0.05) is 5.56 Å². The van der Waals surface area contributed by atoms with Gasteiger partial charge >= 0.3 is 0 Å². The molecule has 0 amide bonds. The Labute approximate surface area is 133 Å². The monoisotopic (exact) mass is 295 g/mol. The molecule has 0 saturated carbocycles. The summed E-state index contributed by atoms with van der Waals surface area (Å²) < 4.78 is 0. The Hall–Kier alpha value is -3.38. The summed E-state index contributed by atoms with van der Waals surface area (Å²) >= 11 is 0. The van der Waals surface area contributed by atoms with Crippen LogP contribution >= 0.6 is 0 Å². The molecule has 0 aliphatic carbocycles. The molecule has 0 unspecified atom stereocenters. The minimum absolute atomic E-state index is 0.664. The van der Waals surface area contributed by atoms with Gasteiger partial charge in [0.1, 0.15) is 5.82 Å². The van der Waals surface area contributed by atoms with Crippen molar-refractivity contribution in [3.8, 4) is 28.6 Å². The molecule has 3 heteroatoms. The van der Waals surface area contributed by atoms with Crippen LogP contribution < -0.4 is 0 Å². The number of nitriles is 1. The first-order chi connectivity index (χ1) is 11.3. The zero-order valence-electron chi connectivity index (χ0n) is 12.3. The maximum absolute atomic E-state index is 9.06. The lowest BCUT2D eigenvalue weighted by Crippen LogP contribution is -1.84. The van der Waals surface area contributed by atoms with E-state index in [2.05, 4.69) is 22.1 Å². The van der Waals surface area contributed by atoms with E-state index in [1.165, 1.54) is 0 Å². The van der Waals surface area contributed by atoms with Gasteiger partial charge in [-0.2, -0.15) is 5.26 Å². The number of hydrogen-bond acceptors (Lipinski definition) is 2. The van der Waals surface area contributed by atoms with Crippen molar-refractivity contribution < 1.29 is 0 Å². The number of H-pyrrole nitrogens is 1. The van der Waals surface area contributed by atoms with Crippen LogP contribution in [0.15, 0.2) is 72.8 Å². The van der Waals surface area contributed by atoms with Gasteiger partial charge in [0.15, 0.2) is 0 Å². The average Bonchev–Trinajstić information content (AvgIpc) is 3.06. The van der Waals surface area contributed by atoms with E-state index >= 15 is 0 Å². The third kappa shape index (κ3) is 2.47. The standard InChI is InChI=1S/C20H13N3/c21-13-14-5-3-6-15(11-14)16-7-4-8-17(12-16)20-22-18-9-1-2-10-19(18)23-20/h1-12H,(H,22,23). The molecule has 4 rings (SSSR count). The van der Waals surface area contributed by atoms with Crippen molar-refractivity contribution in [3.05, 3.63) is 78.4 Å². The third-order valence-electron chi connectivity index (χ3n) is 3.85. The molecule has 3 aromatic carbocycles. The second-order valence-corrected chi connectivity index (χ2v) is 5.38. The van der Waals surface area contributed by atoms with E-state index in [0.29, 0.717) is 5.56 Å². The smallest absolute Gasteiger partial charge is 0.138 e. The topological polar surface area (TPSA) is 52.5 Å². The predicted molar refractivity (Wildman–Crippen MR) is 91.7 cm³/mol. The summed E-state index contributed by atoms with van der Waals surface area (Å²) in [5, 5.41) is 9.06. The first kappa shape index (κ1) is 13.3. The molecular weight excluding hydrogens is 282 g/mol. The minimum atomic E-state index is 0.664. The maximum Gasteiger partial charge on any atom is 0.138 e. The lowest BCUT2D eigenvalue weighted by Gasteiger charge is -2.04. The molecule has 0 spiro atoms. The summed E-state index contributed by atoms with van der Waals surface area (Å²) in [7, 11) is 0. The molecule has 0 aliphatic rings. The Balaban J connectivity index is 1.80. The fourth-order valence-electron chi connectivity index (χ4n) is 2.70. The molecule has 1 heterocycles. The van der Waals surface area contributed by atoms with Gasteiger partial charge in [-0.25, -0.2) is 4.98 Å². The van der Waals surface area contributed by atoms with Gasteiger partial charge in [-0.1, -0.05) is 42.5 Å². The number of benzene rings is 3. The SMILES string of the molecule is N#Cc1cccc(-c2cccc(-c3nc4ccccc4[nH]3)c2)c1. The van der Waals surface area contributed by atoms with Crippen molar-refractivity contribution in [1.82, 2.24) is 9.97 Å². The summed E-state index contributed by atoms with van der Waals surface area (Å²) in [6.07, 6.45) is 0. The van der Waals surface area contributed by atoms with Gasteiger partial charge in [0.05, 0.1) is 22.7 Å². The number of fused-ring (bicyclic) bond motifs is 1. The molecule has 0 fully saturated rings. The van der Waals surface area contributed by atoms with Crippen LogP contribution in [0.5, 0.6) is 0 Å². The molecule has 0 radical (unpaired) electrons. The molecule has 0 aliphatic heterocycles. The molecular formula is C20H13N3. The summed E-state index contributed by atoms with van der Waals surface area (Å²) in [5.41, 5.74) is 5.78. The highest BCUT2D eigenvalue weighted by molar-refractivity contribution is 5.80. The maximum atomic E-state index is 9.06. The van der Waals surface area contributed by atoms with Crippen LogP contribution in [0, 0.1) is 11.3 Å². The number of nitrogens with one attached hydrogen (secondary N) is 1. The third-order valence-corrected chi connectivity index (χ3v) is 3.85. The fraction of sp³-hybridized carbons (Fsp3) is 0. The van der Waals surface area contributed by atoms with E-state index in [4.69, 9.17) is 5.26 Å². The Kier molecular flexibility index (Phi) is 3.14. The summed E-state index contributed by atoms with van der Waals surface area (Å²) in [6, 6.07) is 26.0.